The summed E-state index contributed by atoms with van der Waals surface area (Å²) in [5, 5.41) is 0. The summed E-state index contributed by atoms with van der Waals surface area (Å²) < 4.78 is 57.0. The summed E-state index contributed by atoms with van der Waals surface area (Å²) in [7, 11) is 0. The van der Waals surface area contributed by atoms with Crippen molar-refractivity contribution in [3.05, 3.63) is 0 Å². The molecule has 0 aromatic carbocycles. The van der Waals surface area contributed by atoms with Crippen molar-refractivity contribution in [1.29, 1.82) is 0 Å². The van der Waals surface area contributed by atoms with Crippen molar-refractivity contribution < 1.29 is 27.0 Å². The lowest BCUT2D eigenvalue weighted by Gasteiger charge is -2.30. The van der Waals surface area contributed by atoms with Gasteiger partial charge in [0, 0.05) is 0 Å². The summed E-state index contributed by atoms with van der Waals surface area (Å²) in [5.74, 6) is -2.84. The van der Waals surface area contributed by atoms with Crippen molar-refractivity contribution >= 4 is 0 Å². The predicted molar refractivity (Wildman–Crippen MR) is 42.4 cm³/mol. The molecule has 14 heavy (non-hydrogen) atoms. The smallest absolute Gasteiger partial charge is 0.343 e. The van der Waals surface area contributed by atoms with E-state index in [9.17, 15) is 17.6 Å². The first kappa shape index (κ1) is 13.6. The van der Waals surface area contributed by atoms with Gasteiger partial charge in [-0.05, 0) is 13.3 Å². The lowest BCUT2D eigenvalue weighted by molar-refractivity contribution is -0.380. The Morgan fingerprint density at radius 1 is 1.14 bits per heavy atom. The van der Waals surface area contributed by atoms with Crippen molar-refractivity contribution in [2.24, 2.45) is 0 Å². The molecule has 0 saturated heterocycles. The highest BCUT2D eigenvalue weighted by Gasteiger charge is 2.54. The van der Waals surface area contributed by atoms with Crippen molar-refractivity contribution in [3.8, 4) is 0 Å². The van der Waals surface area contributed by atoms with Crippen LogP contribution >= 0.6 is 0 Å². The van der Waals surface area contributed by atoms with Crippen molar-refractivity contribution in [2.75, 3.05) is 13.5 Å². The predicted octanol–water partition coefficient (Wildman–Crippen LogP) is 3.03. The summed E-state index contributed by atoms with van der Waals surface area (Å²) >= 11 is 0. The number of hydrogen-bond donors (Lipinski definition) is 0. The highest BCUT2D eigenvalue weighted by Crippen LogP contribution is 2.34. The van der Waals surface area contributed by atoms with Gasteiger partial charge < -0.3 is 9.47 Å². The second-order valence-corrected chi connectivity index (χ2v) is 2.90. The Morgan fingerprint density at radius 3 is 2.07 bits per heavy atom. The highest BCUT2D eigenvalue weighted by atomic mass is 19.4. The van der Waals surface area contributed by atoms with Crippen LogP contribution in [0.5, 0.6) is 0 Å². The summed E-state index contributed by atoms with van der Waals surface area (Å²) in [4.78, 5) is 0. The van der Waals surface area contributed by atoms with Gasteiger partial charge in [-0.2, -0.15) is 13.2 Å². The number of unbranched alkanes of at least 4 members (excludes halogenated alkanes) is 1. The fraction of sp³-hybridized carbons (Fsp3) is 1.00. The van der Waals surface area contributed by atoms with E-state index >= 15 is 0 Å². The Hall–Kier alpha value is -0.360. The molecule has 0 aromatic rings. The van der Waals surface area contributed by atoms with Gasteiger partial charge in [0.05, 0.1) is 6.61 Å². The Bertz CT molecular complexity index is 160. The third-order valence-corrected chi connectivity index (χ3v) is 1.72. The molecule has 0 N–H and O–H groups in total. The van der Waals surface area contributed by atoms with E-state index in [-0.39, 0.29) is 6.61 Å². The molecule has 0 amide bonds. The van der Waals surface area contributed by atoms with Gasteiger partial charge in [0.15, 0.2) is 6.86 Å². The molecule has 86 valence electrons. The van der Waals surface area contributed by atoms with E-state index in [0.717, 1.165) is 0 Å². The summed E-state index contributed by atoms with van der Waals surface area (Å²) in [6, 6.07) is 0. The van der Waals surface area contributed by atoms with Crippen LogP contribution in [0, 0.1) is 0 Å². The first-order valence-electron chi connectivity index (χ1n) is 4.28. The standard InChI is InChI=1S/C8H14F4O2/c1-3-4-5-13-7(2,14-6-9)8(10,11)12/h3-6H2,1-2H3. The zero-order valence-corrected chi connectivity index (χ0v) is 8.16. The molecule has 0 heterocycles. The number of rotatable bonds is 6. The van der Waals surface area contributed by atoms with Gasteiger partial charge >= 0.3 is 6.18 Å². The van der Waals surface area contributed by atoms with E-state index in [4.69, 9.17) is 0 Å². The molecular formula is C8H14F4O2. The first-order chi connectivity index (χ1) is 6.37. The average molecular weight is 218 g/mol. The molecular weight excluding hydrogens is 204 g/mol. The van der Waals surface area contributed by atoms with E-state index in [2.05, 4.69) is 9.47 Å². The lowest BCUT2D eigenvalue weighted by atomic mass is 10.3. The van der Waals surface area contributed by atoms with Crippen LogP contribution in [0.1, 0.15) is 26.7 Å². The van der Waals surface area contributed by atoms with Crippen molar-refractivity contribution in [3.63, 3.8) is 0 Å². The summed E-state index contributed by atoms with van der Waals surface area (Å²) in [6.45, 7) is 0.848. The largest absolute Gasteiger partial charge is 0.443 e. The van der Waals surface area contributed by atoms with Crippen molar-refractivity contribution in [2.45, 2.75) is 38.7 Å². The SMILES string of the molecule is CCCCOC(C)(OCF)C(F)(F)F. The van der Waals surface area contributed by atoms with Crippen LogP contribution in [-0.2, 0) is 9.47 Å². The molecule has 1 unspecified atom stereocenters. The second kappa shape index (κ2) is 5.50. The minimum Gasteiger partial charge on any atom is -0.343 e. The number of ether oxygens (including phenoxy) is 2. The zero-order valence-electron chi connectivity index (χ0n) is 8.16. The van der Waals surface area contributed by atoms with E-state index in [0.29, 0.717) is 19.8 Å². The fourth-order valence-electron chi connectivity index (χ4n) is 0.721. The Morgan fingerprint density at radius 2 is 1.71 bits per heavy atom. The van der Waals surface area contributed by atoms with Crippen LogP contribution in [0.15, 0.2) is 0 Å². The van der Waals surface area contributed by atoms with Gasteiger partial charge in [-0.3, -0.25) is 0 Å². The van der Waals surface area contributed by atoms with Gasteiger partial charge in [-0.15, -0.1) is 0 Å². The molecule has 0 spiro atoms. The average Bonchev–Trinajstić information content (AvgIpc) is 2.03. The van der Waals surface area contributed by atoms with Gasteiger partial charge in [0.1, 0.15) is 0 Å². The second-order valence-electron chi connectivity index (χ2n) is 2.90. The van der Waals surface area contributed by atoms with E-state index < -0.39 is 18.8 Å². The molecule has 1 atom stereocenters. The quantitative estimate of drug-likeness (QED) is 0.387. The molecule has 2 nitrogen and oxygen atoms in total. The third-order valence-electron chi connectivity index (χ3n) is 1.72. The topological polar surface area (TPSA) is 18.5 Å². The third kappa shape index (κ3) is 3.79. The minimum atomic E-state index is -4.73. The van der Waals surface area contributed by atoms with E-state index in [1.54, 1.807) is 0 Å². The van der Waals surface area contributed by atoms with E-state index in [1.807, 2.05) is 6.92 Å². The summed E-state index contributed by atoms with van der Waals surface area (Å²) in [5.41, 5.74) is 0. The highest BCUT2D eigenvalue weighted by molar-refractivity contribution is 4.72. The zero-order chi connectivity index (χ0) is 11.2. The molecule has 0 fully saturated rings. The maximum atomic E-state index is 12.3. The summed E-state index contributed by atoms with van der Waals surface area (Å²) in [6.07, 6.45) is -3.56. The minimum absolute atomic E-state index is 0.105. The molecule has 0 bridgehead atoms. The van der Waals surface area contributed by atoms with Crippen LogP contribution in [0.25, 0.3) is 0 Å². The number of hydrogen-bond acceptors (Lipinski definition) is 2. The molecule has 0 saturated carbocycles. The maximum absolute atomic E-state index is 12.3. The van der Waals surface area contributed by atoms with Gasteiger partial charge in [-0.1, -0.05) is 13.3 Å². The lowest BCUT2D eigenvalue weighted by Crippen LogP contribution is -2.47. The maximum Gasteiger partial charge on any atom is 0.443 e. The normalized spacial score (nSPS) is 16.7. The first-order valence-corrected chi connectivity index (χ1v) is 4.28. The Labute approximate surface area is 80.2 Å². The monoisotopic (exact) mass is 218 g/mol. The van der Waals surface area contributed by atoms with Crippen LogP contribution in [-0.4, -0.2) is 25.4 Å². The Kier molecular flexibility index (Phi) is 5.36. The number of alkyl halides is 4. The molecule has 0 aliphatic heterocycles. The number of halogens is 4. The Balaban J connectivity index is 4.25. The van der Waals surface area contributed by atoms with Crippen LogP contribution in [0.3, 0.4) is 0 Å². The van der Waals surface area contributed by atoms with Gasteiger partial charge in [-0.25, -0.2) is 4.39 Å². The van der Waals surface area contributed by atoms with Gasteiger partial charge in [0.2, 0.25) is 0 Å². The molecule has 0 aliphatic rings. The molecule has 0 aromatic heterocycles. The van der Waals surface area contributed by atoms with Crippen LogP contribution in [0.4, 0.5) is 17.6 Å². The molecule has 6 heteroatoms. The van der Waals surface area contributed by atoms with Gasteiger partial charge in [0.25, 0.3) is 5.79 Å². The fourth-order valence-corrected chi connectivity index (χ4v) is 0.721. The molecule has 0 radical (unpaired) electrons. The van der Waals surface area contributed by atoms with Crippen molar-refractivity contribution in [1.82, 2.24) is 0 Å². The van der Waals surface area contributed by atoms with Crippen LogP contribution in [0.2, 0.25) is 0 Å². The van der Waals surface area contributed by atoms with E-state index in [1.165, 1.54) is 0 Å². The van der Waals surface area contributed by atoms with Crippen LogP contribution < -0.4 is 0 Å². The molecule has 0 rings (SSSR count). The molecule has 0 aliphatic carbocycles.